The van der Waals surface area contributed by atoms with E-state index in [9.17, 15) is 0 Å². The third-order valence-corrected chi connectivity index (χ3v) is 5.50. The highest BCUT2D eigenvalue weighted by Gasteiger charge is 2.19. The van der Waals surface area contributed by atoms with Crippen molar-refractivity contribution in [3.8, 4) is 21.7 Å². The molecule has 0 unspecified atom stereocenters. The number of anilines is 1. The van der Waals surface area contributed by atoms with Crippen LogP contribution in [0, 0.1) is 6.92 Å². The standard InChI is InChI=1S/C16H12N2OS2/c1-9-3-2-4-10(7-9)14-15(18-19-16(14)17)13-8-12-11(21-13)5-6-20-12/h2-8H,17H2,1H3. The largest absolute Gasteiger partial charge is 0.367 e. The van der Waals surface area contributed by atoms with Crippen molar-refractivity contribution in [3.63, 3.8) is 0 Å². The Morgan fingerprint density at radius 1 is 1.14 bits per heavy atom. The van der Waals surface area contributed by atoms with Crippen LogP contribution in [-0.2, 0) is 0 Å². The van der Waals surface area contributed by atoms with Gasteiger partial charge in [0.15, 0.2) is 0 Å². The maximum Gasteiger partial charge on any atom is 0.230 e. The molecule has 4 aromatic rings. The van der Waals surface area contributed by atoms with Gasteiger partial charge in [0.2, 0.25) is 5.88 Å². The second-order valence-corrected chi connectivity index (χ2v) is 6.93. The summed E-state index contributed by atoms with van der Waals surface area (Å²) in [7, 11) is 0. The Hall–Kier alpha value is -2.11. The summed E-state index contributed by atoms with van der Waals surface area (Å²) in [4.78, 5) is 1.09. The van der Waals surface area contributed by atoms with Gasteiger partial charge >= 0.3 is 0 Å². The molecule has 0 saturated heterocycles. The molecular weight excluding hydrogens is 300 g/mol. The van der Waals surface area contributed by atoms with Gasteiger partial charge in [0, 0.05) is 9.40 Å². The number of hydrogen-bond acceptors (Lipinski definition) is 5. The molecule has 0 saturated carbocycles. The Labute approximate surface area is 129 Å². The summed E-state index contributed by atoms with van der Waals surface area (Å²) in [5, 5.41) is 6.28. The van der Waals surface area contributed by atoms with Crippen molar-refractivity contribution in [1.82, 2.24) is 5.16 Å². The Bertz CT molecular complexity index is 904. The van der Waals surface area contributed by atoms with Gasteiger partial charge in [-0.2, -0.15) is 0 Å². The first-order valence-electron chi connectivity index (χ1n) is 6.52. The minimum Gasteiger partial charge on any atom is -0.367 e. The molecular formula is C16H12N2OS2. The predicted octanol–water partition coefficient (Wildman–Crippen LogP) is 5.18. The van der Waals surface area contributed by atoms with E-state index in [1.165, 1.54) is 15.0 Å². The summed E-state index contributed by atoms with van der Waals surface area (Å²) in [5.74, 6) is 0.368. The van der Waals surface area contributed by atoms with Crippen molar-refractivity contribution in [3.05, 3.63) is 47.3 Å². The second-order valence-electron chi connectivity index (χ2n) is 4.90. The maximum atomic E-state index is 6.01. The Kier molecular flexibility index (Phi) is 2.83. The Morgan fingerprint density at radius 2 is 2.05 bits per heavy atom. The van der Waals surface area contributed by atoms with Crippen molar-refractivity contribution >= 4 is 38.0 Å². The highest BCUT2D eigenvalue weighted by Crippen LogP contribution is 2.42. The molecule has 0 atom stereocenters. The van der Waals surface area contributed by atoms with E-state index in [-0.39, 0.29) is 0 Å². The van der Waals surface area contributed by atoms with Crippen molar-refractivity contribution in [1.29, 1.82) is 0 Å². The van der Waals surface area contributed by atoms with Crippen LogP contribution in [0.25, 0.3) is 31.1 Å². The fourth-order valence-corrected chi connectivity index (χ4v) is 4.53. The molecule has 1 aromatic carbocycles. The minimum atomic E-state index is 0.368. The summed E-state index contributed by atoms with van der Waals surface area (Å²) in [6, 6.07) is 12.5. The van der Waals surface area contributed by atoms with Gasteiger partial charge in [-0.1, -0.05) is 35.0 Å². The third-order valence-electron chi connectivity index (χ3n) is 3.40. The van der Waals surface area contributed by atoms with Crippen LogP contribution in [0.5, 0.6) is 0 Å². The number of fused-ring (bicyclic) bond motifs is 1. The van der Waals surface area contributed by atoms with Crippen LogP contribution in [-0.4, -0.2) is 5.16 Å². The number of benzene rings is 1. The number of nitrogens with two attached hydrogens (primary N) is 1. The lowest BCUT2D eigenvalue weighted by molar-refractivity contribution is 0.439. The zero-order valence-electron chi connectivity index (χ0n) is 11.3. The van der Waals surface area contributed by atoms with E-state index < -0.39 is 0 Å². The highest BCUT2D eigenvalue weighted by molar-refractivity contribution is 7.28. The zero-order valence-corrected chi connectivity index (χ0v) is 12.9. The molecule has 0 fully saturated rings. The van der Waals surface area contributed by atoms with E-state index in [1.54, 1.807) is 22.7 Å². The average molecular weight is 312 g/mol. The van der Waals surface area contributed by atoms with E-state index in [0.717, 1.165) is 21.7 Å². The lowest BCUT2D eigenvalue weighted by atomic mass is 10.0. The lowest BCUT2D eigenvalue weighted by Crippen LogP contribution is -1.87. The van der Waals surface area contributed by atoms with Crippen LogP contribution in [0.1, 0.15) is 5.56 Å². The number of aromatic nitrogens is 1. The molecule has 2 N–H and O–H groups in total. The molecule has 0 amide bonds. The fraction of sp³-hybridized carbons (Fsp3) is 0.0625. The first-order chi connectivity index (χ1) is 10.2. The van der Waals surface area contributed by atoms with E-state index in [2.05, 4.69) is 41.7 Å². The molecule has 104 valence electrons. The summed E-state index contributed by atoms with van der Waals surface area (Å²) >= 11 is 3.45. The molecule has 0 aliphatic rings. The average Bonchev–Trinajstić information content (AvgIpc) is 3.11. The number of rotatable bonds is 2. The van der Waals surface area contributed by atoms with E-state index >= 15 is 0 Å². The van der Waals surface area contributed by atoms with Crippen LogP contribution in [0.3, 0.4) is 0 Å². The minimum absolute atomic E-state index is 0.368. The van der Waals surface area contributed by atoms with Gasteiger partial charge in [-0.25, -0.2) is 0 Å². The van der Waals surface area contributed by atoms with E-state index in [1.807, 2.05) is 12.1 Å². The molecule has 21 heavy (non-hydrogen) atoms. The third kappa shape index (κ3) is 2.05. The fourth-order valence-electron chi connectivity index (χ4n) is 2.43. The van der Waals surface area contributed by atoms with Crippen LogP contribution in [0.2, 0.25) is 0 Å². The van der Waals surface area contributed by atoms with Crippen LogP contribution >= 0.6 is 22.7 Å². The number of thiophene rings is 2. The van der Waals surface area contributed by atoms with Gasteiger partial charge < -0.3 is 10.3 Å². The van der Waals surface area contributed by atoms with Gasteiger partial charge in [-0.3, -0.25) is 0 Å². The summed E-state index contributed by atoms with van der Waals surface area (Å²) in [6.07, 6.45) is 0. The molecule has 3 heterocycles. The number of aryl methyl sites for hydroxylation is 1. The molecule has 3 aromatic heterocycles. The van der Waals surface area contributed by atoms with Crippen LogP contribution in [0.15, 0.2) is 46.3 Å². The van der Waals surface area contributed by atoms with Crippen LogP contribution in [0.4, 0.5) is 5.88 Å². The lowest BCUT2D eigenvalue weighted by Gasteiger charge is -2.02. The topological polar surface area (TPSA) is 52.0 Å². The van der Waals surface area contributed by atoms with Gasteiger partial charge in [0.25, 0.3) is 0 Å². The number of nitrogen functional groups attached to an aromatic ring is 1. The molecule has 0 radical (unpaired) electrons. The Balaban J connectivity index is 1.92. The van der Waals surface area contributed by atoms with Crippen molar-refractivity contribution in [2.75, 3.05) is 5.73 Å². The molecule has 0 aliphatic carbocycles. The molecule has 5 heteroatoms. The molecule has 4 rings (SSSR count). The smallest absolute Gasteiger partial charge is 0.230 e. The summed E-state index contributed by atoms with van der Waals surface area (Å²) in [5.41, 5.74) is 9.94. The normalized spacial score (nSPS) is 11.3. The SMILES string of the molecule is Cc1cccc(-c2c(-c3cc4sccc4s3)noc2N)c1. The van der Waals surface area contributed by atoms with Gasteiger partial charge in [-0.15, -0.1) is 22.7 Å². The molecule has 3 nitrogen and oxygen atoms in total. The summed E-state index contributed by atoms with van der Waals surface area (Å²) < 4.78 is 7.80. The number of hydrogen-bond donors (Lipinski definition) is 1. The van der Waals surface area contributed by atoms with Crippen molar-refractivity contribution in [2.24, 2.45) is 0 Å². The Morgan fingerprint density at radius 3 is 2.86 bits per heavy atom. The summed E-state index contributed by atoms with van der Waals surface area (Å²) in [6.45, 7) is 2.06. The zero-order chi connectivity index (χ0) is 14.4. The molecule has 0 aliphatic heterocycles. The second kappa shape index (κ2) is 4.72. The molecule has 0 spiro atoms. The van der Waals surface area contributed by atoms with E-state index in [4.69, 9.17) is 10.3 Å². The maximum absolute atomic E-state index is 6.01. The van der Waals surface area contributed by atoms with Gasteiger partial charge in [0.1, 0.15) is 5.69 Å². The first kappa shape index (κ1) is 12.6. The highest BCUT2D eigenvalue weighted by atomic mass is 32.1. The predicted molar refractivity (Wildman–Crippen MR) is 89.8 cm³/mol. The molecule has 0 bridgehead atoms. The quantitative estimate of drug-likeness (QED) is 0.555. The van der Waals surface area contributed by atoms with E-state index in [0.29, 0.717) is 5.88 Å². The monoisotopic (exact) mass is 312 g/mol. The van der Waals surface area contributed by atoms with Crippen molar-refractivity contribution in [2.45, 2.75) is 6.92 Å². The number of nitrogens with zero attached hydrogens (tertiary/aromatic N) is 1. The van der Waals surface area contributed by atoms with Crippen molar-refractivity contribution < 1.29 is 4.52 Å². The van der Waals surface area contributed by atoms with Gasteiger partial charge in [0.05, 0.1) is 10.4 Å². The van der Waals surface area contributed by atoms with Gasteiger partial charge in [-0.05, 0) is 30.0 Å². The first-order valence-corrected chi connectivity index (χ1v) is 8.21. The van der Waals surface area contributed by atoms with Crippen LogP contribution < -0.4 is 5.73 Å².